The fourth-order valence-electron chi connectivity index (χ4n) is 2.86. The van der Waals surface area contributed by atoms with E-state index in [-0.39, 0.29) is 11.9 Å². The van der Waals surface area contributed by atoms with Gasteiger partial charge in [0.15, 0.2) is 0 Å². The van der Waals surface area contributed by atoms with Crippen molar-refractivity contribution in [2.45, 2.75) is 50.9 Å². The summed E-state index contributed by atoms with van der Waals surface area (Å²) in [5, 5.41) is 2.91. The zero-order valence-corrected chi connectivity index (χ0v) is 8.90. The Bertz CT molecular complexity index is 327. The predicted molar refractivity (Wildman–Crippen MR) is 55.7 cm³/mol. The van der Waals surface area contributed by atoms with Gasteiger partial charge in [0.25, 0.3) is 0 Å². The summed E-state index contributed by atoms with van der Waals surface area (Å²) in [6.07, 6.45) is 4.86. The Morgan fingerprint density at radius 1 is 1.53 bits per heavy atom. The summed E-state index contributed by atoms with van der Waals surface area (Å²) in [5.74, 6) is 1.30. The highest BCUT2D eigenvalue weighted by atomic mass is 16.5. The molecule has 0 aliphatic carbocycles. The summed E-state index contributed by atoms with van der Waals surface area (Å²) in [6, 6.07) is -0.154. The minimum absolute atomic E-state index is 0.0651. The molecule has 0 aromatic carbocycles. The third kappa shape index (κ3) is 1.39. The van der Waals surface area contributed by atoms with E-state index >= 15 is 0 Å². The zero-order chi connectivity index (χ0) is 10.4. The normalized spacial score (nSPS) is 43.3. The van der Waals surface area contributed by atoms with E-state index in [4.69, 9.17) is 4.74 Å². The lowest BCUT2D eigenvalue weighted by molar-refractivity contribution is -0.120. The van der Waals surface area contributed by atoms with Crippen LogP contribution in [0.4, 0.5) is 0 Å². The number of carbonyl (C=O) groups is 1. The van der Waals surface area contributed by atoms with Crippen molar-refractivity contribution in [2.75, 3.05) is 0 Å². The number of amides is 1. The standard InChI is InChI=1S/C11H16N2O2/c1-2-8-11(14)13-10(12-8)7-5-6-3-4-9(7)15-6/h6-9H,2-5H2,1H3,(H,12,13,14). The lowest BCUT2D eigenvalue weighted by Crippen LogP contribution is -2.36. The molecule has 1 amide bonds. The first-order chi connectivity index (χ1) is 7.28. The van der Waals surface area contributed by atoms with Gasteiger partial charge in [-0.3, -0.25) is 9.79 Å². The van der Waals surface area contributed by atoms with Crippen LogP contribution in [0.2, 0.25) is 0 Å². The average Bonchev–Trinajstić information content (AvgIpc) is 2.90. The predicted octanol–water partition coefficient (Wildman–Crippen LogP) is 0.861. The van der Waals surface area contributed by atoms with Gasteiger partial charge in [0.1, 0.15) is 11.9 Å². The Morgan fingerprint density at radius 2 is 2.40 bits per heavy atom. The Balaban J connectivity index is 1.76. The van der Waals surface area contributed by atoms with Crippen LogP contribution in [0, 0.1) is 5.92 Å². The van der Waals surface area contributed by atoms with Crippen LogP contribution >= 0.6 is 0 Å². The van der Waals surface area contributed by atoms with E-state index in [0.29, 0.717) is 18.1 Å². The number of rotatable bonds is 2. The molecule has 4 heteroatoms. The molecule has 3 aliphatic heterocycles. The van der Waals surface area contributed by atoms with Gasteiger partial charge in [-0.05, 0) is 25.7 Å². The first-order valence-corrected chi connectivity index (χ1v) is 5.82. The van der Waals surface area contributed by atoms with Gasteiger partial charge in [-0.1, -0.05) is 6.92 Å². The minimum atomic E-state index is -0.154. The first kappa shape index (κ1) is 9.33. The third-order valence-electron chi connectivity index (χ3n) is 3.69. The summed E-state index contributed by atoms with van der Waals surface area (Å²) < 4.78 is 5.77. The lowest BCUT2D eigenvalue weighted by atomic mass is 9.88. The molecule has 2 saturated heterocycles. The number of hydrogen-bond donors (Lipinski definition) is 1. The third-order valence-corrected chi connectivity index (χ3v) is 3.69. The highest BCUT2D eigenvalue weighted by Gasteiger charge is 2.45. The molecular weight excluding hydrogens is 192 g/mol. The fraction of sp³-hybridized carbons (Fsp3) is 0.818. The summed E-state index contributed by atoms with van der Waals surface area (Å²) >= 11 is 0. The lowest BCUT2D eigenvalue weighted by Gasteiger charge is -2.17. The maximum atomic E-state index is 11.5. The van der Waals surface area contributed by atoms with Gasteiger partial charge in [0.05, 0.1) is 12.2 Å². The number of carbonyl (C=O) groups excluding carboxylic acids is 1. The van der Waals surface area contributed by atoms with E-state index in [1.165, 1.54) is 6.42 Å². The quantitative estimate of drug-likeness (QED) is 0.731. The number of nitrogens with zero attached hydrogens (tertiary/aromatic N) is 1. The van der Waals surface area contributed by atoms with E-state index in [1.807, 2.05) is 6.92 Å². The molecular formula is C11H16N2O2. The molecule has 15 heavy (non-hydrogen) atoms. The van der Waals surface area contributed by atoms with Crippen LogP contribution in [0.3, 0.4) is 0 Å². The number of fused-ring (bicyclic) bond motifs is 2. The van der Waals surface area contributed by atoms with Crippen molar-refractivity contribution in [2.24, 2.45) is 10.9 Å². The van der Waals surface area contributed by atoms with Crippen molar-refractivity contribution in [1.82, 2.24) is 5.32 Å². The molecule has 1 N–H and O–H groups in total. The van der Waals surface area contributed by atoms with Crippen LogP contribution in [0.1, 0.15) is 32.6 Å². The van der Waals surface area contributed by atoms with Crippen LogP contribution in [-0.4, -0.2) is 30.0 Å². The fourth-order valence-corrected chi connectivity index (χ4v) is 2.86. The van der Waals surface area contributed by atoms with Gasteiger partial charge in [0, 0.05) is 5.92 Å². The average molecular weight is 208 g/mol. The van der Waals surface area contributed by atoms with Crippen molar-refractivity contribution < 1.29 is 9.53 Å². The first-order valence-electron chi connectivity index (χ1n) is 5.82. The monoisotopic (exact) mass is 208 g/mol. The van der Waals surface area contributed by atoms with E-state index < -0.39 is 0 Å². The summed E-state index contributed by atoms with van der Waals surface area (Å²) in [4.78, 5) is 16.0. The van der Waals surface area contributed by atoms with E-state index in [1.54, 1.807) is 0 Å². The summed E-state index contributed by atoms with van der Waals surface area (Å²) in [5.41, 5.74) is 0. The van der Waals surface area contributed by atoms with Crippen molar-refractivity contribution in [1.29, 1.82) is 0 Å². The Morgan fingerprint density at radius 3 is 2.93 bits per heavy atom. The molecule has 0 aromatic heterocycles. The molecule has 4 atom stereocenters. The molecule has 0 aromatic rings. The number of nitrogens with one attached hydrogen (secondary N) is 1. The summed E-state index contributed by atoms with van der Waals surface area (Å²) in [7, 11) is 0. The molecule has 3 rings (SSSR count). The van der Waals surface area contributed by atoms with Gasteiger partial charge >= 0.3 is 0 Å². The highest BCUT2D eigenvalue weighted by molar-refractivity contribution is 6.07. The van der Waals surface area contributed by atoms with Gasteiger partial charge in [-0.25, -0.2) is 0 Å². The van der Waals surface area contributed by atoms with E-state index in [0.717, 1.165) is 25.1 Å². The number of amidine groups is 1. The maximum Gasteiger partial charge on any atom is 0.250 e. The van der Waals surface area contributed by atoms with Crippen LogP contribution in [0.25, 0.3) is 0 Å². The summed E-state index contributed by atoms with van der Waals surface area (Å²) in [6.45, 7) is 1.99. The van der Waals surface area contributed by atoms with Crippen LogP contribution in [0.15, 0.2) is 4.99 Å². The Labute approximate surface area is 89.1 Å². The molecule has 2 fully saturated rings. The molecule has 4 unspecified atom stereocenters. The minimum Gasteiger partial charge on any atom is -0.374 e. The van der Waals surface area contributed by atoms with Crippen LogP contribution in [0.5, 0.6) is 0 Å². The smallest absolute Gasteiger partial charge is 0.250 e. The van der Waals surface area contributed by atoms with Crippen molar-refractivity contribution in [3.05, 3.63) is 0 Å². The van der Waals surface area contributed by atoms with Gasteiger partial charge < -0.3 is 10.1 Å². The SMILES string of the molecule is CCC1N=C(C2CC3CCC2O3)NC1=O. The molecule has 0 saturated carbocycles. The maximum absolute atomic E-state index is 11.5. The van der Waals surface area contributed by atoms with Crippen LogP contribution < -0.4 is 5.32 Å². The molecule has 3 heterocycles. The van der Waals surface area contributed by atoms with Crippen molar-refractivity contribution in [3.63, 3.8) is 0 Å². The highest BCUT2D eigenvalue weighted by Crippen LogP contribution is 2.39. The van der Waals surface area contributed by atoms with E-state index in [2.05, 4.69) is 10.3 Å². The zero-order valence-electron chi connectivity index (χ0n) is 8.90. The van der Waals surface area contributed by atoms with Crippen molar-refractivity contribution in [3.8, 4) is 0 Å². The van der Waals surface area contributed by atoms with Crippen LogP contribution in [-0.2, 0) is 9.53 Å². The Kier molecular flexibility index (Phi) is 2.06. The largest absolute Gasteiger partial charge is 0.374 e. The second-order valence-electron chi connectivity index (χ2n) is 4.64. The molecule has 2 bridgehead atoms. The number of ether oxygens (including phenoxy) is 1. The molecule has 0 radical (unpaired) electrons. The number of hydrogen-bond acceptors (Lipinski definition) is 3. The van der Waals surface area contributed by atoms with Gasteiger partial charge in [0.2, 0.25) is 5.91 Å². The topological polar surface area (TPSA) is 50.7 Å². The van der Waals surface area contributed by atoms with E-state index in [9.17, 15) is 4.79 Å². The Hall–Kier alpha value is -0.900. The number of aliphatic imine (C=N–C) groups is 1. The second kappa shape index (κ2) is 3.30. The molecule has 3 aliphatic rings. The molecule has 0 spiro atoms. The van der Waals surface area contributed by atoms with Gasteiger partial charge in [-0.2, -0.15) is 0 Å². The van der Waals surface area contributed by atoms with Gasteiger partial charge in [-0.15, -0.1) is 0 Å². The van der Waals surface area contributed by atoms with Crippen molar-refractivity contribution >= 4 is 11.7 Å². The second-order valence-corrected chi connectivity index (χ2v) is 4.64. The molecule has 82 valence electrons. The molecule has 4 nitrogen and oxygen atoms in total.